The van der Waals surface area contributed by atoms with E-state index in [-0.39, 0.29) is 20.6 Å². The summed E-state index contributed by atoms with van der Waals surface area (Å²) in [5, 5.41) is 8.64. The van der Waals surface area contributed by atoms with E-state index in [0.717, 1.165) is 15.7 Å². The second-order valence-electron chi connectivity index (χ2n) is 2.43. The topological polar surface area (TPSA) is 71.7 Å². The molecule has 2 aromatic rings. The average Bonchev–Trinajstić information content (AvgIpc) is 2.45. The van der Waals surface area contributed by atoms with Crippen LogP contribution in [0.4, 0.5) is 0 Å². The van der Waals surface area contributed by atoms with Gasteiger partial charge in [-0.2, -0.15) is 0 Å². The number of carboxylic acid groups (broad SMARTS) is 1. The second kappa shape index (κ2) is 3.07. The van der Waals surface area contributed by atoms with Crippen LogP contribution in [0, 0.1) is 0 Å². The molecule has 0 spiro atoms. The van der Waals surface area contributed by atoms with Gasteiger partial charge in [-0.1, -0.05) is 22.9 Å². The van der Waals surface area contributed by atoms with Gasteiger partial charge in [-0.3, -0.25) is 4.79 Å². The molecule has 0 aliphatic rings. The van der Waals surface area contributed by atoms with Crippen molar-refractivity contribution in [3.05, 3.63) is 32.6 Å². The van der Waals surface area contributed by atoms with Crippen LogP contribution in [0.5, 0.6) is 0 Å². The number of carboxylic acids is 1. The number of carbonyl (C=O) groups is 1. The zero-order valence-electron chi connectivity index (χ0n) is 6.60. The summed E-state index contributed by atoms with van der Waals surface area (Å²) in [5.41, 5.74) is -0.385. The summed E-state index contributed by atoms with van der Waals surface area (Å²) < 4.78 is 1.07. The Morgan fingerprint density at radius 2 is 2.36 bits per heavy atom. The van der Waals surface area contributed by atoms with E-state index in [4.69, 9.17) is 16.7 Å². The number of hydrogen-bond acceptors (Lipinski definition) is 4. The molecule has 0 aromatic carbocycles. The Morgan fingerprint density at radius 1 is 1.64 bits per heavy atom. The van der Waals surface area contributed by atoms with Gasteiger partial charge in [0.15, 0.2) is 9.84 Å². The molecule has 2 aromatic heterocycles. The fourth-order valence-electron chi connectivity index (χ4n) is 1.01. The van der Waals surface area contributed by atoms with Gasteiger partial charge in [-0.25, -0.2) is 14.2 Å². The molecule has 2 heterocycles. The van der Waals surface area contributed by atoms with Crippen molar-refractivity contribution in [3.8, 4) is 0 Å². The van der Waals surface area contributed by atoms with Crippen molar-refractivity contribution in [2.45, 2.75) is 0 Å². The molecule has 14 heavy (non-hydrogen) atoms. The lowest BCUT2D eigenvalue weighted by Crippen LogP contribution is -2.11. The van der Waals surface area contributed by atoms with Crippen LogP contribution in [0.1, 0.15) is 9.67 Å². The van der Waals surface area contributed by atoms with Crippen molar-refractivity contribution in [1.29, 1.82) is 0 Å². The Hall–Kier alpha value is -1.40. The molecule has 5 nitrogen and oxygen atoms in total. The van der Waals surface area contributed by atoms with Crippen molar-refractivity contribution in [2.75, 3.05) is 0 Å². The molecular weight excluding hydrogens is 228 g/mol. The van der Waals surface area contributed by atoms with Crippen LogP contribution in [0.25, 0.3) is 4.96 Å². The van der Waals surface area contributed by atoms with Crippen LogP contribution in [0.3, 0.4) is 0 Å². The highest BCUT2D eigenvalue weighted by Gasteiger charge is 2.17. The first kappa shape index (κ1) is 9.17. The number of nitrogens with zero attached hydrogens (tertiary/aromatic N) is 2. The molecule has 0 aliphatic carbocycles. The first-order valence-corrected chi connectivity index (χ1v) is 4.70. The summed E-state index contributed by atoms with van der Waals surface area (Å²) in [5.74, 6) is -1.16. The predicted molar refractivity (Wildman–Crippen MR) is 51.3 cm³/mol. The molecule has 0 aliphatic heterocycles. The first-order chi connectivity index (χ1) is 6.61. The summed E-state index contributed by atoms with van der Waals surface area (Å²) in [4.78, 5) is 26.0. The summed E-state index contributed by atoms with van der Waals surface area (Å²) in [6, 6.07) is 1.22. The van der Waals surface area contributed by atoms with Gasteiger partial charge < -0.3 is 5.11 Å². The van der Waals surface area contributed by atoms with Gasteiger partial charge in [-0.15, -0.1) is 0 Å². The quantitative estimate of drug-likeness (QED) is 0.797. The zero-order valence-corrected chi connectivity index (χ0v) is 8.17. The highest BCUT2D eigenvalue weighted by atomic mass is 35.5. The molecule has 0 bridgehead atoms. The van der Waals surface area contributed by atoms with Gasteiger partial charge >= 0.3 is 5.97 Å². The van der Waals surface area contributed by atoms with Gasteiger partial charge in [0.05, 0.1) is 0 Å². The molecule has 0 saturated heterocycles. The Kier molecular flexibility index (Phi) is 2.01. The van der Waals surface area contributed by atoms with E-state index in [1.807, 2.05) is 0 Å². The van der Waals surface area contributed by atoms with Crippen molar-refractivity contribution in [1.82, 2.24) is 9.38 Å². The van der Waals surface area contributed by atoms with Gasteiger partial charge in [-0.05, 0) is 0 Å². The molecule has 2 rings (SSSR count). The third kappa shape index (κ3) is 1.19. The minimum absolute atomic E-state index is 0.0810. The highest BCUT2D eigenvalue weighted by molar-refractivity contribution is 7.19. The van der Waals surface area contributed by atoms with Crippen LogP contribution >= 0.6 is 22.9 Å². The maximum Gasteiger partial charge on any atom is 0.349 e. The number of rotatable bonds is 1. The molecule has 0 atom stereocenters. The van der Waals surface area contributed by atoms with E-state index in [0.29, 0.717) is 0 Å². The molecule has 72 valence electrons. The van der Waals surface area contributed by atoms with Gasteiger partial charge in [0, 0.05) is 12.3 Å². The van der Waals surface area contributed by atoms with E-state index < -0.39 is 5.97 Å². The number of thiazole rings is 1. The number of halogens is 1. The fourth-order valence-corrected chi connectivity index (χ4v) is 2.25. The van der Waals surface area contributed by atoms with Crippen molar-refractivity contribution < 1.29 is 9.90 Å². The Balaban J connectivity index is 2.94. The molecule has 0 saturated carbocycles. The SMILES string of the molecule is O=C(O)c1sc2nccc(=O)n2c1Cl. The predicted octanol–water partition coefficient (Wildman–Crippen LogP) is 1.11. The van der Waals surface area contributed by atoms with Gasteiger partial charge in [0.1, 0.15) is 5.15 Å². The summed E-state index contributed by atoms with van der Waals surface area (Å²) in [6.45, 7) is 0. The van der Waals surface area contributed by atoms with E-state index in [1.165, 1.54) is 12.3 Å². The molecular formula is C7H3ClN2O3S. The van der Waals surface area contributed by atoms with Gasteiger partial charge in [0.25, 0.3) is 5.56 Å². The van der Waals surface area contributed by atoms with E-state index in [2.05, 4.69) is 4.98 Å². The van der Waals surface area contributed by atoms with Gasteiger partial charge in [0.2, 0.25) is 0 Å². The third-order valence-corrected chi connectivity index (χ3v) is 3.10. The molecule has 0 radical (unpaired) electrons. The number of aromatic nitrogens is 2. The van der Waals surface area contributed by atoms with Crippen LogP contribution in [-0.2, 0) is 0 Å². The minimum atomic E-state index is -1.16. The normalized spacial score (nSPS) is 10.6. The minimum Gasteiger partial charge on any atom is -0.477 e. The Bertz CT molecular complexity index is 574. The average molecular weight is 231 g/mol. The van der Waals surface area contributed by atoms with Crippen LogP contribution in [0.15, 0.2) is 17.1 Å². The number of fused-ring (bicyclic) bond motifs is 1. The van der Waals surface area contributed by atoms with Crippen molar-refractivity contribution in [2.24, 2.45) is 0 Å². The highest BCUT2D eigenvalue weighted by Crippen LogP contribution is 2.24. The van der Waals surface area contributed by atoms with Crippen LogP contribution in [-0.4, -0.2) is 20.5 Å². The third-order valence-electron chi connectivity index (χ3n) is 1.59. The van der Waals surface area contributed by atoms with E-state index in [1.54, 1.807) is 0 Å². The summed E-state index contributed by atoms with van der Waals surface area (Å²) >= 11 is 6.58. The standard InChI is InChI=1S/C7H3ClN2O3S/c8-5-4(6(12)13)14-7-9-2-1-3(11)10(5)7/h1-2H,(H,12,13). The molecule has 0 fully saturated rings. The molecule has 0 amide bonds. The van der Waals surface area contributed by atoms with Crippen LogP contribution < -0.4 is 5.56 Å². The largest absolute Gasteiger partial charge is 0.477 e. The summed E-state index contributed by atoms with van der Waals surface area (Å²) in [6.07, 6.45) is 1.32. The smallest absolute Gasteiger partial charge is 0.349 e. The van der Waals surface area contributed by atoms with E-state index in [9.17, 15) is 9.59 Å². The maximum atomic E-state index is 11.3. The first-order valence-electron chi connectivity index (χ1n) is 3.50. The molecule has 7 heteroatoms. The van der Waals surface area contributed by atoms with E-state index >= 15 is 0 Å². The Labute approximate surface area is 86.2 Å². The number of hydrogen-bond donors (Lipinski definition) is 1. The van der Waals surface area contributed by atoms with Crippen LogP contribution in [0.2, 0.25) is 5.15 Å². The van der Waals surface area contributed by atoms with Crippen molar-refractivity contribution in [3.63, 3.8) is 0 Å². The molecule has 0 unspecified atom stereocenters. The second-order valence-corrected chi connectivity index (χ2v) is 3.76. The fraction of sp³-hybridized carbons (Fsp3) is 0. The monoisotopic (exact) mass is 230 g/mol. The number of aromatic carboxylic acids is 1. The van der Waals surface area contributed by atoms with Crippen molar-refractivity contribution >= 4 is 33.9 Å². The zero-order chi connectivity index (χ0) is 10.3. The lowest BCUT2D eigenvalue weighted by Gasteiger charge is -1.90. The Morgan fingerprint density at radius 3 is 2.93 bits per heavy atom. The maximum absolute atomic E-state index is 11.3. The summed E-state index contributed by atoms with van der Waals surface area (Å²) in [7, 11) is 0. The lowest BCUT2D eigenvalue weighted by atomic mass is 10.5. The molecule has 1 N–H and O–H groups in total. The lowest BCUT2D eigenvalue weighted by molar-refractivity contribution is 0.0702.